The Morgan fingerprint density at radius 2 is 2.26 bits per heavy atom. The lowest BCUT2D eigenvalue weighted by Crippen LogP contribution is -2.50. The van der Waals surface area contributed by atoms with Gasteiger partial charge in [0, 0.05) is 10.6 Å². The van der Waals surface area contributed by atoms with Crippen LogP contribution >= 0.6 is 11.8 Å². The van der Waals surface area contributed by atoms with E-state index < -0.39 is 5.54 Å². The minimum Gasteiger partial charge on any atom is -0.468 e. The van der Waals surface area contributed by atoms with Crippen molar-refractivity contribution in [2.75, 3.05) is 19.4 Å². The lowest BCUT2D eigenvalue weighted by molar-refractivity contribution is -0.147. The molecule has 0 saturated heterocycles. The van der Waals surface area contributed by atoms with Crippen molar-refractivity contribution in [2.45, 2.75) is 30.7 Å². The Hall–Kier alpha value is -1.07. The summed E-state index contributed by atoms with van der Waals surface area (Å²) in [6, 6.07) is 6.45. The number of carbonyl (C=O) groups is 1. The summed E-state index contributed by atoms with van der Waals surface area (Å²) < 4.78 is 17.9. The summed E-state index contributed by atoms with van der Waals surface area (Å²) >= 11 is 1.53. The predicted molar refractivity (Wildman–Crippen MR) is 75.8 cm³/mol. The molecule has 0 heterocycles. The third kappa shape index (κ3) is 4.84. The topological polar surface area (TPSA) is 38.3 Å². The van der Waals surface area contributed by atoms with E-state index in [9.17, 15) is 9.18 Å². The molecule has 1 N–H and O–H groups in total. The molecule has 0 bridgehead atoms. The van der Waals surface area contributed by atoms with E-state index in [-0.39, 0.29) is 11.8 Å². The van der Waals surface area contributed by atoms with Crippen LogP contribution in [0.1, 0.15) is 20.3 Å². The second kappa shape index (κ2) is 7.50. The number of likely N-dealkylation sites (N-methyl/N-ethyl adjacent to an activating group) is 1. The molecular formula is C14H20FNO2S. The van der Waals surface area contributed by atoms with E-state index in [0.717, 1.165) is 4.90 Å². The molecule has 0 aliphatic carbocycles. The Morgan fingerprint density at radius 1 is 1.53 bits per heavy atom. The van der Waals surface area contributed by atoms with Crippen LogP contribution in [0.2, 0.25) is 0 Å². The third-order valence-corrected chi connectivity index (χ3v) is 3.87. The summed E-state index contributed by atoms with van der Waals surface area (Å²) in [6.07, 6.45) is 0.620. The van der Waals surface area contributed by atoms with Gasteiger partial charge in [-0.15, -0.1) is 11.8 Å². The first kappa shape index (κ1) is 16.0. The van der Waals surface area contributed by atoms with E-state index in [1.807, 2.05) is 19.9 Å². The Morgan fingerprint density at radius 3 is 2.84 bits per heavy atom. The van der Waals surface area contributed by atoms with Gasteiger partial charge in [-0.1, -0.05) is 13.0 Å². The first-order valence-electron chi connectivity index (χ1n) is 6.23. The molecule has 0 amide bonds. The van der Waals surface area contributed by atoms with Crippen molar-refractivity contribution in [2.24, 2.45) is 0 Å². The monoisotopic (exact) mass is 285 g/mol. The minimum absolute atomic E-state index is 0.243. The first-order chi connectivity index (χ1) is 9.01. The highest BCUT2D eigenvalue weighted by atomic mass is 32.2. The fourth-order valence-electron chi connectivity index (χ4n) is 1.81. The van der Waals surface area contributed by atoms with Crippen molar-refractivity contribution in [1.29, 1.82) is 0 Å². The number of benzene rings is 1. The lowest BCUT2D eigenvalue weighted by atomic mass is 9.99. The molecule has 1 unspecified atom stereocenters. The van der Waals surface area contributed by atoms with Crippen molar-refractivity contribution in [3.05, 3.63) is 30.1 Å². The lowest BCUT2D eigenvalue weighted by Gasteiger charge is -2.27. The summed E-state index contributed by atoms with van der Waals surface area (Å²) in [5, 5.41) is 3.15. The first-order valence-corrected chi connectivity index (χ1v) is 7.22. The molecule has 1 atom stereocenters. The standard InChI is InChI=1S/C14H20FNO2S/c1-4-16-14(2,13(17)18-3)8-9-19-12-7-5-6-11(15)10-12/h5-7,10,16H,4,8-9H2,1-3H3. The van der Waals surface area contributed by atoms with E-state index in [1.165, 1.54) is 31.0 Å². The molecule has 0 spiro atoms. The molecule has 1 aromatic rings. The van der Waals surface area contributed by atoms with Gasteiger partial charge in [0.05, 0.1) is 7.11 Å². The van der Waals surface area contributed by atoms with E-state index in [1.54, 1.807) is 6.07 Å². The van der Waals surface area contributed by atoms with Gasteiger partial charge in [0.25, 0.3) is 0 Å². The molecule has 19 heavy (non-hydrogen) atoms. The fraction of sp³-hybridized carbons (Fsp3) is 0.500. The molecule has 0 aliphatic heterocycles. The zero-order valence-corrected chi connectivity index (χ0v) is 12.3. The maximum Gasteiger partial charge on any atom is 0.325 e. The number of esters is 1. The van der Waals surface area contributed by atoms with Gasteiger partial charge in [-0.25, -0.2) is 4.39 Å². The molecule has 1 rings (SSSR count). The molecule has 5 heteroatoms. The van der Waals surface area contributed by atoms with Gasteiger partial charge in [-0.2, -0.15) is 0 Å². The van der Waals surface area contributed by atoms with Crippen LogP contribution in [0.15, 0.2) is 29.2 Å². The van der Waals surface area contributed by atoms with Gasteiger partial charge in [-0.3, -0.25) is 4.79 Å². The smallest absolute Gasteiger partial charge is 0.325 e. The number of halogens is 1. The zero-order valence-electron chi connectivity index (χ0n) is 11.5. The molecule has 0 fully saturated rings. The van der Waals surface area contributed by atoms with E-state index in [0.29, 0.717) is 18.7 Å². The van der Waals surface area contributed by atoms with Crippen LogP contribution in [0.4, 0.5) is 4.39 Å². The van der Waals surface area contributed by atoms with Crippen LogP contribution in [-0.2, 0) is 9.53 Å². The number of ether oxygens (including phenoxy) is 1. The average Bonchev–Trinajstić information content (AvgIpc) is 2.38. The van der Waals surface area contributed by atoms with Crippen molar-refractivity contribution < 1.29 is 13.9 Å². The molecule has 1 aromatic carbocycles. The van der Waals surface area contributed by atoms with Gasteiger partial charge in [0.2, 0.25) is 0 Å². The van der Waals surface area contributed by atoms with Crippen LogP contribution in [0.25, 0.3) is 0 Å². The van der Waals surface area contributed by atoms with Gasteiger partial charge >= 0.3 is 5.97 Å². The summed E-state index contributed by atoms with van der Waals surface area (Å²) in [4.78, 5) is 12.6. The number of hydrogen-bond acceptors (Lipinski definition) is 4. The fourth-order valence-corrected chi connectivity index (χ4v) is 2.92. The van der Waals surface area contributed by atoms with Crippen molar-refractivity contribution in [1.82, 2.24) is 5.32 Å². The van der Waals surface area contributed by atoms with Crippen molar-refractivity contribution >= 4 is 17.7 Å². The van der Waals surface area contributed by atoms with Gasteiger partial charge in [0.1, 0.15) is 11.4 Å². The van der Waals surface area contributed by atoms with Gasteiger partial charge in [0.15, 0.2) is 0 Å². The molecule has 106 valence electrons. The normalized spacial score (nSPS) is 13.9. The highest BCUT2D eigenvalue weighted by molar-refractivity contribution is 7.99. The van der Waals surface area contributed by atoms with Crippen LogP contribution in [0.5, 0.6) is 0 Å². The van der Waals surface area contributed by atoms with Crippen LogP contribution < -0.4 is 5.32 Å². The van der Waals surface area contributed by atoms with E-state index in [4.69, 9.17) is 4.74 Å². The zero-order chi connectivity index (χ0) is 14.3. The van der Waals surface area contributed by atoms with Crippen LogP contribution in [0.3, 0.4) is 0 Å². The Labute approximate surface area is 117 Å². The molecule has 3 nitrogen and oxygen atoms in total. The number of hydrogen-bond donors (Lipinski definition) is 1. The maximum atomic E-state index is 13.0. The third-order valence-electron chi connectivity index (χ3n) is 2.87. The van der Waals surface area contributed by atoms with Gasteiger partial charge < -0.3 is 10.1 Å². The maximum absolute atomic E-state index is 13.0. The summed E-state index contributed by atoms with van der Waals surface area (Å²) in [5.41, 5.74) is -0.691. The quantitative estimate of drug-likeness (QED) is 0.617. The Balaban J connectivity index is 2.55. The highest BCUT2D eigenvalue weighted by Crippen LogP contribution is 2.23. The highest BCUT2D eigenvalue weighted by Gasteiger charge is 2.32. The van der Waals surface area contributed by atoms with E-state index >= 15 is 0 Å². The molecule has 0 aliphatic rings. The van der Waals surface area contributed by atoms with Crippen LogP contribution in [-0.4, -0.2) is 30.9 Å². The summed E-state index contributed by atoms with van der Waals surface area (Å²) in [5.74, 6) is 0.198. The summed E-state index contributed by atoms with van der Waals surface area (Å²) in [6.45, 7) is 4.46. The Bertz CT molecular complexity index is 428. The molecule has 0 saturated carbocycles. The number of methoxy groups -OCH3 is 1. The van der Waals surface area contributed by atoms with Crippen molar-refractivity contribution in [3.8, 4) is 0 Å². The van der Waals surface area contributed by atoms with E-state index in [2.05, 4.69) is 5.32 Å². The average molecular weight is 285 g/mol. The molecular weight excluding hydrogens is 265 g/mol. The Kier molecular flexibility index (Phi) is 6.31. The predicted octanol–water partition coefficient (Wildman–Crippen LogP) is 2.85. The second-order valence-electron chi connectivity index (χ2n) is 4.41. The minimum atomic E-state index is -0.691. The number of rotatable bonds is 7. The van der Waals surface area contributed by atoms with Crippen molar-refractivity contribution in [3.63, 3.8) is 0 Å². The number of nitrogens with one attached hydrogen (secondary N) is 1. The number of thioether (sulfide) groups is 1. The van der Waals surface area contributed by atoms with Crippen LogP contribution in [0, 0.1) is 5.82 Å². The molecule has 0 aromatic heterocycles. The summed E-state index contributed by atoms with van der Waals surface area (Å²) in [7, 11) is 1.39. The van der Waals surface area contributed by atoms with Gasteiger partial charge in [-0.05, 0) is 38.1 Å². The largest absolute Gasteiger partial charge is 0.468 e. The SMILES string of the molecule is CCNC(C)(CCSc1cccc(F)c1)C(=O)OC. The molecule has 0 radical (unpaired) electrons. The number of carbonyl (C=O) groups excluding carboxylic acids is 1. The second-order valence-corrected chi connectivity index (χ2v) is 5.58.